The van der Waals surface area contributed by atoms with Gasteiger partial charge in [0.15, 0.2) is 5.78 Å². The average molecular weight is 386 g/mol. The van der Waals surface area contributed by atoms with Crippen LogP contribution in [0.4, 0.5) is 0 Å². The van der Waals surface area contributed by atoms with E-state index in [0.717, 1.165) is 18.6 Å². The molecule has 7 heteroatoms. The molecule has 0 saturated carbocycles. The van der Waals surface area contributed by atoms with Crippen LogP contribution in [0, 0.1) is 0 Å². The van der Waals surface area contributed by atoms with Crippen molar-refractivity contribution >= 4 is 15.8 Å². The normalized spacial score (nSPS) is 25.3. The van der Waals surface area contributed by atoms with Gasteiger partial charge in [-0.05, 0) is 44.0 Å². The molecule has 1 aromatic heterocycles. The Kier molecular flexibility index (Phi) is 4.74. The summed E-state index contributed by atoms with van der Waals surface area (Å²) in [5, 5.41) is 0. The molecule has 0 aliphatic carbocycles. The van der Waals surface area contributed by atoms with E-state index < -0.39 is 10.0 Å². The lowest BCUT2D eigenvalue weighted by atomic mass is 10.0. The van der Waals surface area contributed by atoms with E-state index in [1.165, 1.54) is 19.1 Å². The fraction of sp³-hybridized carbons (Fsp3) is 0.400. The summed E-state index contributed by atoms with van der Waals surface area (Å²) in [5.74, 6) is 0.644. The highest BCUT2D eigenvalue weighted by Crippen LogP contribution is 2.40. The molecule has 2 saturated heterocycles. The lowest BCUT2D eigenvalue weighted by Crippen LogP contribution is -2.49. The lowest BCUT2D eigenvalue weighted by Gasteiger charge is -2.37. The Bertz CT molecular complexity index is 914. The first-order valence-electron chi connectivity index (χ1n) is 9.16. The van der Waals surface area contributed by atoms with Gasteiger partial charge in [0.1, 0.15) is 11.9 Å². The number of ether oxygens (including phenoxy) is 1. The highest BCUT2D eigenvalue weighted by Gasteiger charge is 2.47. The average Bonchev–Trinajstić information content (AvgIpc) is 2.95. The van der Waals surface area contributed by atoms with Crippen LogP contribution in [0.25, 0.3) is 0 Å². The maximum atomic E-state index is 13.2. The Morgan fingerprint density at radius 2 is 1.78 bits per heavy atom. The summed E-state index contributed by atoms with van der Waals surface area (Å²) in [6.45, 7) is 1.47. The second-order valence-corrected chi connectivity index (χ2v) is 9.04. The zero-order valence-corrected chi connectivity index (χ0v) is 15.9. The van der Waals surface area contributed by atoms with Crippen molar-refractivity contribution in [3.8, 4) is 5.75 Å². The van der Waals surface area contributed by atoms with Gasteiger partial charge in [-0.25, -0.2) is 8.42 Å². The molecule has 27 heavy (non-hydrogen) atoms. The van der Waals surface area contributed by atoms with Gasteiger partial charge in [0.2, 0.25) is 10.0 Å². The van der Waals surface area contributed by atoms with E-state index in [0.29, 0.717) is 18.4 Å². The number of hydrogen-bond acceptors (Lipinski definition) is 5. The number of aromatic nitrogens is 1. The van der Waals surface area contributed by atoms with Gasteiger partial charge >= 0.3 is 0 Å². The first-order chi connectivity index (χ1) is 12.9. The molecule has 2 aromatic rings. The van der Waals surface area contributed by atoms with E-state index in [1.807, 2.05) is 12.1 Å². The van der Waals surface area contributed by atoms with Gasteiger partial charge in [-0.3, -0.25) is 9.78 Å². The van der Waals surface area contributed by atoms with E-state index >= 15 is 0 Å². The number of sulfonamides is 1. The van der Waals surface area contributed by atoms with Gasteiger partial charge in [-0.2, -0.15) is 4.31 Å². The fourth-order valence-corrected chi connectivity index (χ4v) is 6.06. The van der Waals surface area contributed by atoms with Crippen molar-refractivity contribution in [3.63, 3.8) is 0 Å². The lowest BCUT2D eigenvalue weighted by molar-refractivity contribution is 0.0952. The molecule has 0 unspecified atom stereocenters. The summed E-state index contributed by atoms with van der Waals surface area (Å²) in [7, 11) is -3.58. The topological polar surface area (TPSA) is 76.6 Å². The summed E-state index contributed by atoms with van der Waals surface area (Å²) in [4.78, 5) is 15.7. The standard InChI is InChI=1S/C20H22N2O4S/c1-14(23)15-4-8-20(9-5-15)27(24,25)22-16-6-7-17(22)12-19(11-16)26-18-3-2-10-21-13-18/h2-5,8-10,13,16-17,19H,6-7,11-12H2,1H3/t16-,17-/m0/s1. The number of ketones is 1. The predicted molar refractivity (Wildman–Crippen MR) is 100 cm³/mol. The van der Waals surface area contributed by atoms with Gasteiger partial charge in [0, 0.05) is 36.7 Å². The summed E-state index contributed by atoms with van der Waals surface area (Å²) in [6, 6.07) is 9.81. The zero-order valence-electron chi connectivity index (χ0n) is 15.1. The largest absolute Gasteiger partial charge is 0.489 e. The van der Waals surface area contributed by atoms with Gasteiger partial charge in [-0.1, -0.05) is 12.1 Å². The van der Waals surface area contributed by atoms with Crippen molar-refractivity contribution in [2.24, 2.45) is 0 Å². The third-order valence-electron chi connectivity index (χ3n) is 5.40. The minimum atomic E-state index is -3.58. The number of rotatable bonds is 5. The molecule has 142 valence electrons. The number of benzene rings is 1. The van der Waals surface area contributed by atoms with Crippen molar-refractivity contribution in [2.45, 2.75) is 55.7 Å². The van der Waals surface area contributed by atoms with Crippen molar-refractivity contribution in [3.05, 3.63) is 54.4 Å². The number of carbonyl (C=O) groups excluding carboxylic acids is 1. The molecule has 0 amide bonds. The third kappa shape index (κ3) is 3.49. The smallest absolute Gasteiger partial charge is 0.243 e. The molecule has 2 atom stereocenters. The van der Waals surface area contributed by atoms with Gasteiger partial charge in [-0.15, -0.1) is 0 Å². The highest BCUT2D eigenvalue weighted by molar-refractivity contribution is 7.89. The van der Waals surface area contributed by atoms with Crippen LogP contribution in [0.15, 0.2) is 53.7 Å². The summed E-state index contributed by atoms with van der Waals surface area (Å²) in [6.07, 6.45) is 6.43. The van der Waals surface area contributed by atoms with E-state index in [1.54, 1.807) is 28.8 Å². The molecule has 0 radical (unpaired) electrons. The van der Waals surface area contributed by atoms with E-state index in [4.69, 9.17) is 4.74 Å². The van der Waals surface area contributed by atoms with Crippen molar-refractivity contribution < 1.29 is 17.9 Å². The number of piperidine rings is 1. The number of pyridine rings is 1. The van der Waals surface area contributed by atoms with Crippen LogP contribution in [0.2, 0.25) is 0 Å². The first kappa shape index (κ1) is 18.1. The molecule has 6 nitrogen and oxygen atoms in total. The van der Waals surface area contributed by atoms with Crippen LogP contribution < -0.4 is 4.74 Å². The highest BCUT2D eigenvalue weighted by atomic mass is 32.2. The molecule has 0 spiro atoms. The summed E-state index contributed by atoms with van der Waals surface area (Å²) in [5.41, 5.74) is 0.514. The number of carbonyl (C=O) groups is 1. The molecule has 2 bridgehead atoms. The fourth-order valence-electron chi connectivity index (χ4n) is 4.17. The SMILES string of the molecule is CC(=O)c1ccc(S(=O)(=O)N2[C@H]3CC[C@H]2CC(Oc2cccnc2)C3)cc1. The number of fused-ring (bicyclic) bond motifs is 2. The maximum Gasteiger partial charge on any atom is 0.243 e. The molecule has 4 rings (SSSR count). The van der Waals surface area contributed by atoms with Crippen molar-refractivity contribution in [1.82, 2.24) is 9.29 Å². The van der Waals surface area contributed by atoms with Gasteiger partial charge in [0.05, 0.1) is 11.1 Å². The Hall–Kier alpha value is -2.25. The summed E-state index contributed by atoms with van der Waals surface area (Å²) < 4.78 is 34.1. The van der Waals surface area contributed by atoms with Crippen LogP contribution in [-0.2, 0) is 10.0 Å². The maximum absolute atomic E-state index is 13.2. The third-order valence-corrected chi connectivity index (χ3v) is 7.42. The van der Waals surface area contributed by atoms with Crippen LogP contribution in [0.1, 0.15) is 43.0 Å². The molecule has 2 fully saturated rings. The number of nitrogens with zero attached hydrogens (tertiary/aromatic N) is 2. The molecule has 2 aliphatic rings. The molecule has 3 heterocycles. The number of Topliss-reactive ketones (excluding diaryl/α,β-unsaturated/α-hetero) is 1. The Morgan fingerprint density at radius 1 is 1.11 bits per heavy atom. The molecule has 1 aromatic carbocycles. The number of hydrogen-bond donors (Lipinski definition) is 0. The van der Waals surface area contributed by atoms with Crippen molar-refractivity contribution in [2.75, 3.05) is 0 Å². The van der Waals surface area contributed by atoms with Gasteiger partial charge < -0.3 is 4.74 Å². The minimum Gasteiger partial charge on any atom is -0.489 e. The molecule has 2 aliphatic heterocycles. The van der Waals surface area contributed by atoms with Crippen molar-refractivity contribution in [1.29, 1.82) is 0 Å². The van der Waals surface area contributed by atoms with Crippen LogP contribution in [0.3, 0.4) is 0 Å². The monoisotopic (exact) mass is 386 g/mol. The Labute approximate surface area is 159 Å². The zero-order chi connectivity index (χ0) is 19.0. The Balaban J connectivity index is 1.52. The second kappa shape index (κ2) is 7.05. The van der Waals surface area contributed by atoms with E-state index in [-0.39, 0.29) is 28.9 Å². The van der Waals surface area contributed by atoms with E-state index in [2.05, 4.69) is 4.98 Å². The van der Waals surface area contributed by atoms with Crippen LogP contribution in [0.5, 0.6) is 5.75 Å². The Morgan fingerprint density at radius 3 is 2.33 bits per heavy atom. The van der Waals surface area contributed by atoms with Gasteiger partial charge in [0.25, 0.3) is 0 Å². The first-order valence-corrected chi connectivity index (χ1v) is 10.6. The molecular weight excluding hydrogens is 364 g/mol. The summed E-state index contributed by atoms with van der Waals surface area (Å²) >= 11 is 0. The molecule has 0 N–H and O–H groups in total. The predicted octanol–water partition coefficient (Wildman–Crippen LogP) is 3.05. The van der Waals surface area contributed by atoms with Crippen LogP contribution in [-0.4, -0.2) is 41.7 Å². The van der Waals surface area contributed by atoms with Crippen LogP contribution >= 0.6 is 0 Å². The molecular formula is C20H22N2O4S. The van der Waals surface area contributed by atoms with E-state index in [9.17, 15) is 13.2 Å². The second-order valence-electron chi connectivity index (χ2n) is 7.20. The quantitative estimate of drug-likeness (QED) is 0.738. The minimum absolute atomic E-state index is 0.00163.